The fourth-order valence-corrected chi connectivity index (χ4v) is 2.16. The number of aliphatic hydroxyl groups excluding tert-OH is 1. The van der Waals surface area contributed by atoms with Crippen molar-refractivity contribution in [3.8, 4) is 0 Å². The topological polar surface area (TPSA) is 89.9 Å². The first-order valence-corrected chi connectivity index (χ1v) is 6.42. The number of aliphatic hydroxyl groups is 1. The van der Waals surface area contributed by atoms with Crippen LogP contribution in [0, 0.1) is 5.92 Å². The highest BCUT2D eigenvalue weighted by atomic mass is 16.4. The highest BCUT2D eigenvalue weighted by Gasteiger charge is 2.27. The molecule has 3 N–H and O–H groups in total. The van der Waals surface area contributed by atoms with Gasteiger partial charge in [0, 0.05) is 13.1 Å². The van der Waals surface area contributed by atoms with Crippen molar-refractivity contribution in [1.29, 1.82) is 0 Å². The zero-order valence-electron chi connectivity index (χ0n) is 10.9. The maximum Gasteiger partial charge on any atom is 0.326 e. The van der Waals surface area contributed by atoms with E-state index in [0.29, 0.717) is 19.5 Å². The van der Waals surface area contributed by atoms with Gasteiger partial charge in [-0.2, -0.15) is 0 Å². The lowest BCUT2D eigenvalue weighted by Crippen LogP contribution is -2.50. The molecule has 104 valence electrons. The smallest absolute Gasteiger partial charge is 0.326 e. The van der Waals surface area contributed by atoms with E-state index in [1.807, 2.05) is 0 Å². The minimum absolute atomic E-state index is 0.232. The Morgan fingerprint density at radius 1 is 1.39 bits per heavy atom. The first-order valence-electron chi connectivity index (χ1n) is 6.42. The van der Waals surface area contributed by atoms with Crippen molar-refractivity contribution < 1.29 is 19.8 Å². The first-order chi connectivity index (χ1) is 8.45. The number of nitrogens with zero attached hydrogens (tertiary/aromatic N) is 1. The molecule has 18 heavy (non-hydrogen) atoms. The van der Waals surface area contributed by atoms with Crippen molar-refractivity contribution in [2.24, 2.45) is 5.92 Å². The molecule has 0 bridgehead atoms. The fourth-order valence-electron chi connectivity index (χ4n) is 2.16. The second-order valence-corrected chi connectivity index (χ2v) is 4.81. The Hall–Kier alpha value is -1.30. The molecular formula is C12H22N2O4. The van der Waals surface area contributed by atoms with E-state index in [0.717, 1.165) is 12.8 Å². The van der Waals surface area contributed by atoms with Gasteiger partial charge in [-0.3, -0.25) is 0 Å². The Labute approximate surface area is 107 Å². The number of likely N-dealkylation sites (tertiary alicyclic amines) is 1. The molecule has 6 heteroatoms. The highest BCUT2D eigenvalue weighted by Crippen LogP contribution is 2.20. The minimum Gasteiger partial charge on any atom is -0.480 e. The molecule has 1 unspecified atom stereocenters. The van der Waals surface area contributed by atoms with Gasteiger partial charge >= 0.3 is 12.0 Å². The number of amides is 2. The molecule has 0 aliphatic carbocycles. The Morgan fingerprint density at radius 2 is 1.94 bits per heavy atom. The van der Waals surface area contributed by atoms with Gasteiger partial charge in [0.05, 0.1) is 6.10 Å². The predicted molar refractivity (Wildman–Crippen MR) is 66.2 cm³/mol. The normalized spacial score (nSPS) is 20.3. The second kappa shape index (κ2) is 6.58. The highest BCUT2D eigenvalue weighted by molar-refractivity contribution is 5.82. The second-order valence-electron chi connectivity index (χ2n) is 4.81. The van der Waals surface area contributed by atoms with Crippen molar-refractivity contribution in [2.45, 2.75) is 45.3 Å². The number of carbonyl (C=O) groups is 2. The lowest BCUT2D eigenvalue weighted by atomic mass is 9.92. The molecule has 1 aliphatic heterocycles. The summed E-state index contributed by atoms with van der Waals surface area (Å²) in [6, 6.07) is -1.15. The van der Waals surface area contributed by atoms with E-state index in [2.05, 4.69) is 5.32 Å². The van der Waals surface area contributed by atoms with Gasteiger partial charge < -0.3 is 20.4 Å². The number of hydrogen-bond donors (Lipinski definition) is 3. The van der Waals surface area contributed by atoms with Crippen LogP contribution in [0.1, 0.15) is 33.1 Å². The molecule has 1 heterocycles. The molecule has 0 saturated carbocycles. The predicted octanol–water partition coefficient (Wildman–Crippen LogP) is 0.652. The third-order valence-corrected chi connectivity index (χ3v) is 3.51. The number of carboxylic acid groups (broad SMARTS) is 1. The van der Waals surface area contributed by atoms with Crippen LogP contribution in [0.15, 0.2) is 0 Å². The van der Waals surface area contributed by atoms with Crippen molar-refractivity contribution >= 4 is 12.0 Å². The van der Waals surface area contributed by atoms with Gasteiger partial charge in [-0.25, -0.2) is 9.59 Å². The summed E-state index contributed by atoms with van der Waals surface area (Å²) < 4.78 is 0. The SMILES string of the molecule is CC[C@H](NC(=O)N1CCC(C(C)O)CC1)C(=O)O. The number of urea groups is 1. The monoisotopic (exact) mass is 258 g/mol. The van der Waals surface area contributed by atoms with Gasteiger partial charge in [-0.05, 0) is 32.1 Å². The number of carbonyl (C=O) groups excluding carboxylic acids is 1. The molecule has 2 atom stereocenters. The van der Waals surface area contributed by atoms with Crippen LogP contribution in [0.25, 0.3) is 0 Å². The van der Waals surface area contributed by atoms with Gasteiger partial charge in [0.25, 0.3) is 0 Å². The zero-order chi connectivity index (χ0) is 13.7. The van der Waals surface area contributed by atoms with Crippen LogP contribution >= 0.6 is 0 Å². The summed E-state index contributed by atoms with van der Waals surface area (Å²) in [7, 11) is 0. The van der Waals surface area contributed by atoms with Crippen molar-refractivity contribution in [3.63, 3.8) is 0 Å². The molecule has 1 saturated heterocycles. The van der Waals surface area contributed by atoms with E-state index >= 15 is 0 Å². The molecule has 1 aliphatic rings. The van der Waals surface area contributed by atoms with Crippen molar-refractivity contribution in [2.75, 3.05) is 13.1 Å². The summed E-state index contributed by atoms with van der Waals surface area (Å²) >= 11 is 0. The van der Waals surface area contributed by atoms with Gasteiger partial charge in [0.2, 0.25) is 0 Å². The van der Waals surface area contributed by atoms with Crippen LogP contribution < -0.4 is 5.32 Å². The van der Waals surface area contributed by atoms with Crippen LogP contribution in [0.5, 0.6) is 0 Å². The molecular weight excluding hydrogens is 236 g/mol. The van der Waals surface area contributed by atoms with E-state index in [-0.39, 0.29) is 18.1 Å². The fraction of sp³-hybridized carbons (Fsp3) is 0.833. The number of hydrogen-bond acceptors (Lipinski definition) is 3. The van der Waals surface area contributed by atoms with Gasteiger partial charge in [0.1, 0.15) is 6.04 Å². The van der Waals surface area contributed by atoms with Crippen LogP contribution in [0.3, 0.4) is 0 Å². The molecule has 2 amide bonds. The molecule has 0 aromatic carbocycles. The van der Waals surface area contributed by atoms with Crippen molar-refractivity contribution in [1.82, 2.24) is 10.2 Å². The van der Waals surface area contributed by atoms with Gasteiger partial charge in [-0.1, -0.05) is 6.92 Å². The maximum absolute atomic E-state index is 11.8. The average Bonchev–Trinajstić information content (AvgIpc) is 2.35. The van der Waals surface area contributed by atoms with Crippen LogP contribution in [-0.4, -0.2) is 52.3 Å². The van der Waals surface area contributed by atoms with E-state index in [1.54, 1.807) is 18.7 Å². The molecule has 0 aromatic heterocycles. The molecule has 0 radical (unpaired) electrons. The summed E-state index contributed by atoms with van der Waals surface area (Å²) in [6.07, 6.45) is 1.53. The Bertz CT molecular complexity index is 298. The number of aliphatic carboxylic acids is 1. The summed E-state index contributed by atoms with van der Waals surface area (Å²) in [5.41, 5.74) is 0. The number of rotatable bonds is 4. The molecule has 0 spiro atoms. The summed E-state index contributed by atoms with van der Waals surface area (Å²) in [5, 5.41) is 20.8. The third kappa shape index (κ3) is 3.87. The Balaban J connectivity index is 2.42. The molecule has 1 rings (SSSR count). The van der Waals surface area contributed by atoms with E-state index in [4.69, 9.17) is 5.11 Å². The first kappa shape index (κ1) is 14.8. The molecule has 6 nitrogen and oxygen atoms in total. The zero-order valence-corrected chi connectivity index (χ0v) is 10.9. The lowest BCUT2D eigenvalue weighted by Gasteiger charge is -2.33. The van der Waals surface area contributed by atoms with E-state index in [1.165, 1.54) is 0 Å². The Morgan fingerprint density at radius 3 is 2.33 bits per heavy atom. The maximum atomic E-state index is 11.8. The van der Waals surface area contributed by atoms with Crippen LogP contribution in [0.4, 0.5) is 4.79 Å². The van der Waals surface area contributed by atoms with Gasteiger partial charge in [-0.15, -0.1) is 0 Å². The third-order valence-electron chi connectivity index (χ3n) is 3.51. The molecule has 0 aromatic rings. The van der Waals surface area contributed by atoms with Crippen LogP contribution in [0.2, 0.25) is 0 Å². The summed E-state index contributed by atoms with van der Waals surface area (Å²) in [4.78, 5) is 24.3. The number of carboxylic acids is 1. The molecule has 1 fully saturated rings. The number of nitrogens with one attached hydrogen (secondary N) is 1. The van der Waals surface area contributed by atoms with Gasteiger partial charge in [0.15, 0.2) is 0 Å². The minimum atomic E-state index is -1.01. The standard InChI is InChI=1S/C12H22N2O4/c1-3-10(11(16)17)13-12(18)14-6-4-9(5-7-14)8(2)15/h8-10,15H,3-7H2,1-2H3,(H,13,18)(H,16,17)/t8?,10-/m0/s1. The average molecular weight is 258 g/mol. The lowest BCUT2D eigenvalue weighted by molar-refractivity contribution is -0.139. The summed E-state index contributed by atoms with van der Waals surface area (Å²) in [5.74, 6) is -0.778. The van der Waals surface area contributed by atoms with Crippen LogP contribution in [-0.2, 0) is 4.79 Å². The Kier molecular flexibility index (Phi) is 5.40. The summed E-state index contributed by atoms with van der Waals surface area (Å²) in [6.45, 7) is 4.62. The van der Waals surface area contributed by atoms with E-state index < -0.39 is 12.0 Å². The largest absolute Gasteiger partial charge is 0.480 e. The van der Waals surface area contributed by atoms with Crippen molar-refractivity contribution in [3.05, 3.63) is 0 Å². The number of piperidine rings is 1. The quantitative estimate of drug-likeness (QED) is 0.690. The van der Waals surface area contributed by atoms with E-state index in [9.17, 15) is 14.7 Å².